The zero-order valence-corrected chi connectivity index (χ0v) is 10.8. The highest BCUT2D eigenvalue weighted by Gasteiger charge is 2.33. The van der Waals surface area contributed by atoms with Crippen molar-refractivity contribution in [2.75, 3.05) is 0 Å². The maximum absolute atomic E-state index is 11.9. The number of hydrogen-bond acceptors (Lipinski definition) is 3. The van der Waals surface area contributed by atoms with Crippen molar-refractivity contribution in [1.29, 1.82) is 0 Å². The number of hydrogen-bond donors (Lipinski definition) is 1. The third-order valence-corrected chi connectivity index (χ3v) is 3.35. The summed E-state index contributed by atoms with van der Waals surface area (Å²) in [6.45, 7) is 0. The first kappa shape index (κ1) is 12.6. The highest BCUT2D eigenvalue weighted by Crippen LogP contribution is 2.32. The molecule has 0 aromatic heterocycles. The lowest BCUT2D eigenvalue weighted by Crippen LogP contribution is -2.09. The lowest BCUT2D eigenvalue weighted by Gasteiger charge is -2.08. The van der Waals surface area contributed by atoms with Gasteiger partial charge >= 0.3 is 5.97 Å². The predicted octanol–water partition coefficient (Wildman–Crippen LogP) is 2.56. The van der Waals surface area contributed by atoms with E-state index in [2.05, 4.69) is 0 Å². The molecule has 0 aliphatic carbocycles. The van der Waals surface area contributed by atoms with Crippen LogP contribution in [0.2, 0.25) is 0 Å². The highest BCUT2D eigenvalue weighted by molar-refractivity contribution is 6.02. The summed E-state index contributed by atoms with van der Waals surface area (Å²) in [4.78, 5) is 11.9. The minimum Gasteiger partial charge on any atom is -0.428 e. The molecular weight excluding hydrogens is 252 g/mol. The Morgan fingerprint density at radius 3 is 2.20 bits per heavy atom. The smallest absolute Gasteiger partial charge is 0.337 e. The zero-order valence-electron chi connectivity index (χ0n) is 10.8. The second-order valence-electron chi connectivity index (χ2n) is 4.68. The van der Waals surface area contributed by atoms with Crippen LogP contribution >= 0.6 is 0 Å². The number of esters is 1. The summed E-state index contributed by atoms with van der Waals surface area (Å²) in [5.74, 6) is -0.444. The van der Waals surface area contributed by atoms with Crippen molar-refractivity contribution in [2.45, 2.75) is 12.7 Å². The van der Waals surface area contributed by atoms with Crippen molar-refractivity contribution in [2.24, 2.45) is 0 Å². The van der Waals surface area contributed by atoms with E-state index in [4.69, 9.17) is 4.74 Å². The number of carbonyl (C=O) groups excluding carboxylic acids is 1. The van der Waals surface area contributed by atoms with Crippen molar-refractivity contribution >= 4 is 11.5 Å². The molecule has 1 N–H and O–H groups in total. The molecule has 3 nitrogen and oxygen atoms in total. The van der Waals surface area contributed by atoms with Gasteiger partial charge in [-0.3, -0.25) is 0 Å². The summed E-state index contributed by atoms with van der Waals surface area (Å²) >= 11 is 0. The largest absolute Gasteiger partial charge is 0.428 e. The molecule has 0 saturated heterocycles. The summed E-state index contributed by atoms with van der Waals surface area (Å²) in [6.07, 6.45) is -0.718. The van der Waals surface area contributed by atoms with E-state index in [1.807, 2.05) is 60.7 Å². The van der Waals surface area contributed by atoms with Crippen molar-refractivity contribution in [3.63, 3.8) is 0 Å². The van der Waals surface area contributed by atoms with Crippen LogP contribution in [0, 0.1) is 0 Å². The van der Waals surface area contributed by atoms with Gasteiger partial charge in [0.25, 0.3) is 0 Å². The third kappa shape index (κ3) is 2.36. The standard InChI is InChI=1S/C17H14O3/c18-16-14(11-12-7-3-1-4-8-12)15(17(19)20-16)13-9-5-2-6-10-13/h1-10,17,19H,11H2/t17-/m1/s1. The van der Waals surface area contributed by atoms with Gasteiger partial charge in [0.2, 0.25) is 6.29 Å². The van der Waals surface area contributed by atoms with E-state index >= 15 is 0 Å². The maximum Gasteiger partial charge on any atom is 0.337 e. The van der Waals surface area contributed by atoms with Crippen LogP contribution in [0.5, 0.6) is 0 Å². The van der Waals surface area contributed by atoms with E-state index < -0.39 is 12.3 Å². The molecule has 0 unspecified atom stereocenters. The molecule has 100 valence electrons. The van der Waals surface area contributed by atoms with Gasteiger partial charge in [0.05, 0.1) is 5.57 Å². The van der Waals surface area contributed by atoms with Crippen molar-refractivity contribution in [1.82, 2.24) is 0 Å². The first-order valence-corrected chi connectivity index (χ1v) is 6.47. The Hall–Kier alpha value is -2.39. The molecule has 0 spiro atoms. The molecule has 1 atom stereocenters. The summed E-state index contributed by atoms with van der Waals surface area (Å²) in [7, 11) is 0. The molecule has 20 heavy (non-hydrogen) atoms. The lowest BCUT2D eigenvalue weighted by atomic mass is 9.96. The first-order valence-electron chi connectivity index (χ1n) is 6.47. The molecule has 1 aliphatic heterocycles. The van der Waals surface area contributed by atoms with E-state index in [1.165, 1.54) is 0 Å². The molecule has 3 heteroatoms. The van der Waals surface area contributed by atoms with Gasteiger partial charge in [0, 0.05) is 12.0 Å². The van der Waals surface area contributed by atoms with Gasteiger partial charge in [0.1, 0.15) is 0 Å². The zero-order chi connectivity index (χ0) is 13.9. The van der Waals surface area contributed by atoms with Crippen LogP contribution in [-0.4, -0.2) is 17.4 Å². The molecule has 0 fully saturated rings. The molecule has 1 aliphatic rings. The topological polar surface area (TPSA) is 46.5 Å². The van der Waals surface area contributed by atoms with Gasteiger partial charge in [-0.2, -0.15) is 0 Å². The number of aliphatic hydroxyl groups is 1. The third-order valence-electron chi connectivity index (χ3n) is 3.35. The van der Waals surface area contributed by atoms with Crippen LogP contribution in [0.25, 0.3) is 5.57 Å². The molecular formula is C17H14O3. The van der Waals surface area contributed by atoms with Crippen LogP contribution in [0.3, 0.4) is 0 Å². The van der Waals surface area contributed by atoms with E-state index in [0.717, 1.165) is 11.1 Å². The average molecular weight is 266 g/mol. The number of cyclic esters (lactones) is 1. The van der Waals surface area contributed by atoms with E-state index in [-0.39, 0.29) is 0 Å². The van der Waals surface area contributed by atoms with Crippen LogP contribution in [0.15, 0.2) is 66.2 Å². The van der Waals surface area contributed by atoms with Crippen molar-refractivity contribution in [3.8, 4) is 0 Å². The van der Waals surface area contributed by atoms with Crippen molar-refractivity contribution < 1.29 is 14.6 Å². The molecule has 1 heterocycles. The van der Waals surface area contributed by atoms with Crippen LogP contribution < -0.4 is 0 Å². The average Bonchev–Trinajstić information content (AvgIpc) is 2.75. The van der Waals surface area contributed by atoms with Crippen LogP contribution in [0.4, 0.5) is 0 Å². The summed E-state index contributed by atoms with van der Waals surface area (Å²) in [6, 6.07) is 19.1. The molecule has 0 saturated carbocycles. The minimum atomic E-state index is -1.18. The minimum absolute atomic E-state index is 0.444. The number of aliphatic hydroxyl groups excluding tert-OH is 1. The van der Waals surface area contributed by atoms with Crippen LogP contribution in [0.1, 0.15) is 11.1 Å². The fraction of sp³-hybridized carbons (Fsp3) is 0.118. The van der Waals surface area contributed by atoms with Gasteiger partial charge < -0.3 is 9.84 Å². The maximum atomic E-state index is 11.9. The van der Waals surface area contributed by atoms with Gasteiger partial charge in [-0.25, -0.2) is 4.79 Å². The monoisotopic (exact) mass is 266 g/mol. The van der Waals surface area contributed by atoms with E-state index in [1.54, 1.807) is 0 Å². The van der Waals surface area contributed by atoms with Crippen LogP contribution in [-0.2, 0) is 16.0 Å². The molecule has 0 bridgehead atoms. The molecule has 2 aromatic rings. The fourth-order valence-electron chi connectivity index (χ4n) is 2.39. The fourth-order valence-corrected chi connectivity index (χ4v) is 2.39. The summed E-state index contributed by atoms with van der Waals surface area (Å²) < 4.78 is 4.96. The SMILES string of the molecule is O=C1O[C@@H](O)C(c2ccccc2)=C1Cc1ccccc1. The Balaban J connectivity index is 2.03. The van der Waals surface area contributed by atoms with Gasteiger partial charge in [-0.15, -0.1) is 0 Å². The van der Waals surface area contributed by atoms with E-state index in [9.17, 15) is 9.90 Å². The number of carbonyl (C=O) groups is 1. The molecule has 0 amide bonds. The first-order chi connectivity index (χ1) is 9.75. The Bertz CT molecular complexity index is 644. The summed E-state index contributed by atoms with van der Waals surface area (Å²) in [5.41, 5.74) is 2.92. The molecule has 3 rings (SSSR count). The Kier molecular flexibility index (Phi) is 3.35. The van der Waals surface area contributed by atoms with Gasteiger partial charge in [-0.1, -0.05) is 60.7 Å². The Labute approximate surface area is 117 Å². The van der Waals surface area contributed by atoms with E-state index in [0.29, 0.717) is 17.6 Å². The highest BCUT2D eigenvalue weighted by atomic mass is 16.6. The normalized spacial score (nSPS) is 18.2. The molecule has 2 aromatic carbocycles. The predicted molar refractivity (Wildman–Crippen MR) is 75.6 cm³/mol. The Morgan fingerprint density at radius 1 is 0.950 bits per heavy atom. The Morgan fingerprint density at radius 2 is 1.55 bits per heavy atom. The van der Waals surface area contributed by atoms with Gasteiger partial charge in [-0.05, 0) is 11.1 Å². The number of ether oxygens (including phenoxy) is 1. The molecule has 0 radical (unpaired) electrons. The second-order valence-corrected chi connectivity index (χ2v) is 4.68. The lowest BCUT2D eigenvalue weighted by molar-refractivity contribution is -0.150. The quantitative estimate of drug-likeness (QED) is 0.868. The second kappa shape index (κ2) is 5.31. The summed E-state index contributed by atoms with van der Waals surface area (Å²) in [5, 5.41) is 9.96. The van der Waals surface area contributed by atoms with Crippen molar-refractivity contribution in [3.05, 3.63) is 77.4 Å². The number of benzene rings is 2. The number of rotatable bonds is 3. The van der Waals surface area contributed by atoms with Gasteiger partial charge in [0.15, 0.2) is 0 Å².